The highest BCUT2D eigenvalue weighted by Gasteiger charge is 2.31. The van der Waals surface area contributed by atoms with Gasteiger partial charge in [0.2, 0.25) is 5.91 Å². The average Bonchev–Trinajstić information content (AvgIpc) is 2.54. The van der Waals surface area contributed by atoms with Crippen LogP contribution in [0.25, 0.3) is 0 Å². The molecule has 0 aliphatic carbocycles. The van der Waals surface area contributed by atoms with Crippen LogP contribution in [0, 0.1) is 0 Å². The number of amides is 1. The van der Waals surface area contributed by atoms with Gasteiger partial charge in [0.15, 0.2) is 0 Å². The van der Waals surface area contributed by atoms with Gasteiger partial charge in [-0.05, 0) is 18.2 Å². The molecule has 24 heavy (non-hydrogen) atoms. The molecule has 1 saturated heterocycles. The molecule has 0 unspecified atom stereocenters. The summed E-state index contributed by atoms with van der Waals surface area (Å²) in [5, 5.41) is 8.44. The standard InChI is InChI=1S/C15H17F3N2O4/c16-15(17,18)11-2-1-3-12(8-11)19-4-6-20(7-5-19)13(21)9-24-10-14(22)23/h1-3,8H,4-7,9-10H2,(H,22,23). The lowest BCUT2D eigenvalue weighted by Gasteiger charge is -2.36. The fourth-order valence-electron chi connectivity index (χ4n) is 2.41. The number of nitrogens with zero attached hydrogens (tertiary/aromatic N) is 2. The highest BCUT2D eigenvalue weighted by molar-refractivity contribution is 5.78. The van der Waals surface area contributed by atoms with Crippen LogP contribution in [0.15, 0.2) is 24.3 Å². The Morgan fingerprint density at radius 1 is 1.12 bits per heavy atom. The van der Waals surface area contributed by atoms with E-state index in [9.17, 15) is 22.8 Å². The maximum absolute atomic E-state index is 12.8. The van der Waals surface area contributed by atoms with Crippen molar-refractivity contribution in [2.75, 3.05) is 44.3 Å². The molecule has 1 aliphatic heterocycles. The summed E-state index contributed by atoms with van der Waals surface area (Å²) in [6.07, 6.45) is -4.39. The van der Waals surface area contributed by atoms with Crippen LogP contribution in [-0.4, -0.2) is 61.3 Å². The second-order valence-corrected chi connectivity index (χ2v) is 5.30. The van der Waals surface area contributed by atoms with Gasteiger partial charge in [0, 0.05) is 31.9 Å². The quantitative estimate of drug-likeness (QED) is 0.874. The van der Waals surface area contributed by atoms with E-state index in [1.54, 1.807) is 11.0 Å². The smallest absolute Gasteiger partial charge is 0.416 e. The van der Waals surface area contributed by atoms with Gasteiger partial charge in [-0.25, -0.2) is 4.79 Å². The molecule has 132 valence electrons. The van der Waals surface area contributed by atoms with E-state index in [1.165, 1.54) is 11.0 Å². The molecule has 1 aromatic rings. The summed E-state index contributed by atoms with van der Waals surface area (Å²) >= 11 is 0. The predicted molar refractivity (Wildman–Crippen MR) is 78.7 cm³/mol. The third-order valence-corrected chi connectivity index (χ3v) is 3.62. The number of carboxylic acids is 1. The minimum atomic E-state index is -4.39. The zero-order chi connectivity index (χ0) is 17.7. The molecule has 0 spiro atoms. The van der Waals surface area contributed by atoms with E-state index in [1.807, 2.05) is 0 Å². The van der Waals surface area contributed by atoms with Crippen molar-refractivity contribution in [2.45, 2.75) is 6.18 Å². The molecular weight excluding hydrogens is 329 g/mol. The van der Waals surface area contributed by atoms with E-state index in [2.05, 4.69) is 0 Å². The molecule has 0 atom stereocenters. The Hall–Kier alpha value is -2.29. The Morgan fingerprint density at radius 3 is 2.38 bits per heavy atom. The molecule has 1 aromatic carbocycles. The van der Waals surface area contributed by atoms with Crippen molar-refractivity contribution in [3.05, 3.63) is 29.8 Å². The molecule has 0 saturated carbocycles. The minimum Gasteiger partial charge on any atom is -0.480 e. The number of carboxylic acid groups (broad SMARTS) is 1. The molecule has 1 fully saturated rings. The number of carbonyl (C=O) groups excluding carboxylic acids is 1. The summed E-state index contributed by atoms with van der Waals surface area (Å²) in [7, 11) is 0. The van der Waals surface area contributed by atoms with E-state index in [4.69, 9.17) is 9.84 Å². The number of hydrogen-bond acceptors (Lipinski definition) is 4. The molecular formula is C15H17F3N2O4. The molecule has 0 radical (unpaired) electrons. The van der Waals surface area contributed by atoms with Crippen LogP contribution in [0.4, 0.5) is 18.9 Å². The first-order valence-corrected chi connectivity index (χ1v) is 7.27. The van der Waals surface area contributed by atoms with Gasteiger partial charge in [-0.3, -0.25) is 4.79 Å². The first-order valence-electron chi connectivity index (χ1n) is 7.27. The van der Waals surface area contributed by atoms with Crippen LogP contribution in [0.2, 0.25) is 0 Å². The van der Waals surface area contributed by atoms with E-state index in [0.29, 0.717) is 31.9 Å². The molecule has 1 aliphatic rings. The Bertz CT molecular complexity index is 599. The predicted octanol–water partition coefficient (Wildman–Crippen LogP) is 1.46. The molecule has 1 heterocycles. The van der Waals surface area contributed by atoms with Crippen molar-refractivity contribution in [1.82, 2.24) is 4.90 Å². The number of ether oxygens (including phenoxy) is 1. The zero-order valence-electron chi connectivity index (χ0n) is 12.8. The van der Waals surface area contributed by atoms with Gasteiger partial charge in [0.1, 0.15) is 13.2 Å². The van der Waals surface area contributed by atoms with Crippen LogP contribution in [-0.2, 0) is 20.5 Å². The zero-order valence-corrected chi connectivity index (χ0v) is 12.8. The first kappa shape index (κ1) is 18.1. The Labute approximate surface area is 136 Å². The number of hydrogen-bond donors (Lipinski definition) is 1. The van der Waals surface area contributed by atoms with Crippen molar-refractivity contribution in [1.29, 1.82) is 0 Å². The number of aliphatic carboxylic acids is 1. The Morgan fingerprint density at radius 2 is 1.79 bits per heavy atom. The van der Waals surface area contributed by atoms with Crippen molar-refractivity contribution in [2.24, 2.45) is 0 Å². The van der Waals surface area contributed by atoms with E-state index < -0.39 is 24.3 Å². The van der Waals surface area contributed by atoms with Gasteiger partial charge in [-0.1, -0.05) is 6.07 Å². The Balaban J connectivity index is 1.88. The van der Waals surface area contributed by atoms with Gasteiger partial charge >= 0.3 is 12.1 Å². The number of halogens is 3. The van der Waals surface area contributed by atoms with E-state index in [0.717, 1.165) is 12.1 Å². The van der Waals surface area contributed by atoms with E-state index >= 15 is 0 Å². The topological polar surface area (TPSA) is 70.1 Å². The van der Waals surface area contributed by atoms with Crippen molar-refractivity contribution in [3.8, 4) is 0 Å². The lowest BCUT2D eigenvalue weighted by atomic mass is 10.1. The molecule has 0 bridgehead atoms. The molecule has 6 nitrogen and oxygen atoms in total. The number of carbonyl (C=O) groups is 2. The summed E-state index contributed by atoms with van der Waals surface area (Å²) in [6.45, 7) is 0.598. The number of alkyl halides is 3. The number of rotatable bonds is 5. The van der Waals surface area contributed by atoms with Crippen molar-refractivity contribution >= 4 is 17.6 Å². The SMILES string of the molecule is O=C(O)COCC(=O)N1CCN(c2cccc(C(F)(F)F)c2)CC1. The summed E-state index contributed by atoms with van der Waals surface area (Å²) in [5.74, 6) is -1.49. The third-order valence-electron chi connectivity index (χ3n) is 3.62. The summed E-state index contributed by atoms with van der Waals surface area (Å²) in [4.78, 5) is 25.4. The molecule has 0 aromatic heterocycles. The van der Waals surface area contributed by atoms with Crippen LogP contribution < -0.4 is 4.90 Å². The molecule has 1 amide bonds. The minimum absolute atomic E-state index is 0.324. The summed E-state index contributed by atoms with van der Waals surface area (Å²) in [5.41, 5.74) is -0.250. The third kappa shape index (κ3) is 4.85. The summed E-state index contributed by atoms with van der Waals surface area (Å²) < 4.78 is 43.0. The Kier molecular flexibility index (Phi) is 5.66. The second-order valence-electron chi connectivity index (χ2n) is 5.30. The number of piperazine rings is 1. The van der Waals surface area contributed by atoms with Gasteiger partial charge in [0.25, 0.3) is 0 Å². The fourth-order valence-corrected chi connectivity index (χ4v) is 2.41. The van der Waals surface area contributed by atoms with Crippen LogP contribution in [0.3, 0.4) is 0 Å². The number of anilines is 1. The largest absolute Gasteiger partial charge is 0.480 e. The molecule has 9 heteroatoms. The highest BCUT2D eigenvalue weighted by atomic mass is 19.4. The summed E-state index contributed by atoms with van der Waals surface area (Å²) in [6, 6.07) is 5.06. The van der Waals surface area contributed by atoms with Gasteiger partial charge < -0.3 is 19.6 Å². The molecule has 1 N–H and O–H groups in total. The van der Waals surface area contributed by atoms with Crippen LogP contribution >= 0.6 is 0 Å². The van der Waals surface area contributed by atoms with Crippen LogP contribution in [0.1, 0.15) is 5.56 Å². The second kappa shape index (κ2) is 7.52. The lowest BCUT2D eigenvalue weighted by molar-refractivity contribution is -0.146. The maximum Gasteiger partial charge on any atom is 0.416 e. The van der Waals surface area contributed by atoms with Crippen molar-refractivity contribution < 1.29 is 32.6 Å². The van der Waals surface area contributed by atoms with Gasteiger partial charge in [0.05, 0.1) is 5.56 Å². The number of benzene rings is 1. The van der Waals surface area contributed by atoms with E-state index in [-0.39, 0.29) is 12.5 Å². The van der Waals surface area contributed by atoms with Crippen LogP contribution in [0.5, 0.6) is 0 Å². The average molecular weight is 346 g/mol. The van der Waals surface area contributed by atoms with Crippen molar-refractivity contribution in [3.63, 3.8) is 0 Å². The first-order chi connectivity index (χ1) is 11.3. The van der Waals surface area contributed by atoms with Gasteiger partial charge in [-0.15, -0.1) is 0 Å². The monoisotopic (exact) mass is 346 g/mol. The maximum atomic E-state index is 12.8. The molecule has 2 rings (SSSR count). The highest BCUT2D eigenvalue weighted by Crippen LogP contribution is 2.31. The van der Waals surface area contributed by atoms with Gasteiger partial charge in [-0.2, -0.15) is 13.2 Å². The normalized spacial score (nSPS) is 15.5. The fraction of sp³-hybridized carbons (Fsp3) is 0.467. The lowest BCUT2D eigenvalue weighted by Crippen LogP contribution is -2.49.